The molecule has 1 heterocycles. The first-order valence-corrected chi connectivity index (χ1v) is 8.09. The number of ether oxygens (including phenoxy) is 3. The Balaban J connectivity index is 1.99. The van der Waals surface area contributed by atoms with Crippen molar-refractivity contribution in [1.29, 1.82) is 0 Å². The van der Waals surface area contributed by atoms with E-state index < -0.39 is 12.2 Å². The Kier molecular flexibility index (Phi) is 4.86. The molecule has 2 aromatic carbocycles. The van der Waals surface area contributed by atoms with Crippen LogP contribution in [0.1, 0.15) is 22.8 Å². The normalized spacial score (nSPS) is 18.8. The van der Waals surface area contributed by atoms with E-state index in [2.05, 4.69) is 6.58 Å². The van der Waals surface area contributed by atoms with Gasteiger partial charge in [-0.15, -0.1) is 6.58 Å². The van der Waals surface area contributed by atoms with E-state index in [1.54, 1.807) is 19.2 Å². The first kappa shape index (κ1) is 17.2. The van der Waals surface area contributed by atoms with Crippen LogP contribution in [0.3, 0.4) is 0 Å². The van der Waals surface area contributed by atoms with E-state index in [0.717, 1.165) is 23.1 Å². The van der Waals surface area contributed by atoms with Crippen LogP contribution in [-0.2, 0) is 12.8 Å². The molecule has 1 aliphatic heterocycles. The zero-order chi connectivity index (χ0) is 18.0. The molecule has 0 aromatic heterocycles. The first-order valence-electron chi connectivity index (χ1n) is 8.09. The van der Waals surface area contributed by atoms with E-state index in [0.29, 0.717) is 23.7 Å². The third-order valence-corrected chi connectivity index (χ3v) is 4.35. The minimum absolute atomic E-state index is 0.0450. The van der Waals surface area contributed by atoms with Gasteiger partial charge in [0.25, 0.3) is 0 Å². The molecule has 0 unspecified atom stereocenters. The van der Waals surface area contributed by atoms with E-state index >= 15 is 0 Å². The SMILES string of the molecule is C=CCc1cc2c(c(OC)c1)O[C@@H](c1ccc(O)c(OC)c1)[C@H](O)C2. The summed E-state index contributed by atoms with van der Waals surface area (Å²) in [7, 11) is 3.08. The summed E-state index contributed by atoms with van der Waals surface area (Å²) in [6.45, 7) is 3.76. The summed E-state index contributed by atoms with van der Waals surface area (Å²) in [4.78, 5) is 0. The first-order chi connectivity index (χ1) is 12.1. The summed E-state index contributed by atoms with van der Waals surface area (Å²) in [5.74, 6) is 1.66. The van der Waals surface area contributed by atoms with Gasteiger partial charge in [-0.3, -0.25) is 0 Å². The molecule has 0 fully saturated rings. The molecule has 0 spiro atoms. The predicted molar refractivity (Wildman–Crippen MR) is 94.6 cm³/mol. The number of hydrogen-bond donors (Lipinski definition) is 2. The molecule has 2 atom stereocenters. The summed E-state index contributed by atoms with van der Waals surface area (Å²) in [6.07, 6.45) is 1.71. The number of phenolic OH excluding ortho intramolecular Hbond substituents is 1. The lowest BCUT2D eigenvalue weighted by Crippen LogP contribution is -2.30. The predicted octanol–water partition coefficient (Wildman–Crippen LogP) is 3.18. The maximum Gasteiger partial charge on any atom is 0.165 e. The molecule has 0 saturated heterocycles. The standard InChI is InChI=1S/C20H22O5/c1-4-5-12-8-14-10-16(22)19(25-20(14)18(9-12)24-3)13-6-7-15(21)17(11-13)23-2/h4,6-9,11,16,19,21-22H,1,5,10H2,2-3H3/t16-,19+/m1/s1. The lowest BCUT2D eigenvalue weighted by Gasteiger charge is -2.32. The van der Waals surface area contributed by atoms with E-state index in [4.69, 9.17) is 14.2 Å². The van der Waals surface area contributed by atoms with E-state index in [1.807, 2.05) is 18.2 Å². The molecule has 0 aliphatic carbocycles. The molecule has 132 valence electrons. The van der Waals surface area contributed by atoms with Crippen molar-refractivity contribution in [2.75, 3.05) is 14.2 Å². The molecular formula is C20H22O5. The smallest absolute Gasteiger partial charge is 0.165 e. The van der Waals surface area contributed by atoms with Crippen molar-refractivity contribution in [2.24, 2.45) is 0 Å². The van der Waals surface area contributed by atoms with Gasteiger partial charge in [0, 0.05) is 12.0 Å². The Morgan fingerprint density at radius 1 is 1.20 bits per heavy atom. The Morgan fingerprint density at radius 2 is 1.96 bits per heavy atom. The number of aliphatic hydroxyl groups is 1. The second kappa shape index (κ2) is 7.07. The van der Waals surface area contributed by atoms with Gasteiger partial charge in [-0.2, -0.15) is 0 Å². The third-order valence-electron chi connectivity index (χ3n) is 4.35. The van der Waals surface area contributed by atoms with Gasteiger partial charge in [-0.25, -0.2) is 0 Å². The summed E-state index contributed by atoms with van der Waals surface area (Å²) in [6, 6.07) is 8.86. The maximum absolute atomic E-state index is 10.6. The highest BCUT2D eigenvalue weighted by Crippen LogP contribution is 2.43. The average molecular weight is 342 g/mol. The number of aromatic hydroxyl groups is 1. The van der Waals surface area contributed by atoms with E-state index in [1.165, 1.54) is 13.2 Å². The molecule has 2 aromatic rings. The topological polar surface area (TPSA) is 68.2 Å². The van der Waals surface area contributed by atoms with E-state index in [-0.39, 0.29) is 5.75 Å². The van der Waals surface area contributed by atoms with Gasteiger partial charge in [-0.1, -0.05) is 18.2 Å². The minimum atomic E-state index is -0.717. The van der Waals surface area contributed by atoms with Crippen molar-refractivity contribution in [3.8, 4) is 23.0 Å². The molecular weight excluding hydrogens is 320 g/mol. The molecule has 0 saturated carbocycles. The van der Waals surface area contributed by atoms with Gasteiger partial charge in [0.1, 0.15) is 0 Å². The maximum atomic E-state index is 10.6. The van der Waals surface area contributed by atoms with Crippen LogP contribution in [0.25, 0.3) is 0 Å². The number of benzene rings is 2. The Morgan fingerprint density at radius 3 is 2.64 bits per heavy atom. The van der Waals surface area contributed by atoms with Crippen LogP contribution in [0.4, 0.5) is 0 Å². The van der Waals surface area contributed by atoms with Gasteiger partial charge in [0.2, 0.25) is 0 Å². The number of allylic oxidation sites excluding steroid dienone is 1. The van der Waals surface area contributed by atoms with Crippen molar-refractivity contribution in [3.05, 3.63) is 59.7 Å². The number of rotatable bonds is 5. The largest absolute Gasteiger partial charge is 0.504 e. The molecule has 25 heavy (non-hydrogen) atoms. The molecule has 3 rings (SSSR count). The lowest BCUT2D eigenvalue weighted by molar-refractivity contribution is 0.0188. The van der Waals surface area contributed by atoms with Crippen molar-refractivity contribution < 1.29 is 24.4 Å². The van der Waals surface area contributed by atoms with E-state index in [9.17, 15) is 10.2 Å². The second-order valence-corrected chi connectivity index (χ2v) is 6.02. The zero-order valence-corrected chi connectivity index (χ0v) is 14.4. The highest BCUT2D eigenvalue weighted by molar-refractivity contribution is 5.52. The average Bonchev–Trinajstić information content (AvgIpc) is 2.61. The Labute approximate surface area is 147 Å². The van der Waals surface area contributed by atoms with Gasteiger partial charge >= 0.3 is 0 Å². The van der Waals surface area contributed by atoms with Crippen LogP contribution in [0.15, 0.2) is 43.0 Å². The van der Waals surface area contributed by atoms with Gasteiger partial charge in [-0.05, 0) is 35.7 Å². The summed E-state index contributed by atoms with van der Waals surface area (Å²) in [5, 5.41) is 20.4. The number of hydrogen-bond acceptors (Lipinski definition) is 5. The van der Waals surface area contributed by atoms with Crippen LogP contribution >= 0.6 is 0 Å². The molecule has 5 nitrogen and oxygen atoms in total. The fraction of sp³-hybridized carbons (Fsp3) is 0.300. The molecule has 2 N–H and O–H groups in total. The van der Waals surface area contributed by atoms with Crippen molar-refractivity contribution >= 4 is 0 Å². The molecule has 0 radical (unpaired) electrons. The second-order valence-electron chi connectivity index (χ2n) is 6.02. The number of methoxy groups -OCH3 is 2. The third kappa shape index (κ3) is 3.28. The monoisotopic (exact) mass is 342 g/mol. The minimum Gasteiger partial charge on any atom is -0.504 e. The Bertz CT molecular complexity index is 784. The fourth-order valence-electron chi connectivity index (χ4n) is 3.14. The van der Waals surface area contributed by atoms with Crippen molar-refractivity contribution in [1.82, 2.24) is 0 Å². The fourth-order valence-corrected chi connectivity index (χ4v) is 3.14. The number of phenols is 1. The highest BCUT2D eigenvalue weighted by atomic mass is 16.5. The zero-order valence-electron chi connectivity index (χ0n) is 14.4. The van der Waals surface area contributed by atoms with Crippen LogP contribution in [0.5, 0.6) is 23.0 Å². The summed E-state index contributed by atoms with van der Waals surface area (Å²) in [5.41, 5.74) is 2.70. The van der Waals surface area contributed by atoms with Crippen LogP contribution in [0, 0.1) is 0 Å². The van der Waals surface area contributed by atoms with Gasteiger partial charge in [0.15, 0.2) is 29.1 Å². The summed E-state index contributed by atoms with van der Waals surface area (Å²) >= 11 is 0. The molecule has 0 bridgehead atoms. The van der Waals surface area contributed by atoms with Crippen LogP contribution in [0.2, 0.25) is 0 Å². The highest BCUT2D eigenvalue weighted by Gasteiger charge is 2.32. The van der Waals surface area contributed by atoms with Gasteiger partial charge < -0.3 is 24.4 Å². The molecule has 5 heteroatoms. The van der Waals surface area contributed by atoms with Crippen LogP contribution < -0.4 is 14.2 Å². The van der Waals surface area contributed by atoms with Gasteiger partial charge in [0.05, 0.1) is 20.3 Å². The molecule has 0 amide bonds. The quantitative estimate of drug-likeness (QED) is 0.817. The van der Waals surface area contributed by atoms with Crippen LogP contribution in [-0.4, -0.2) is 30.5 Å². The van der Waals surface area contributed by atoms with Crippen molar-refractivity contribution in [3.63, 3.8) is 0 Å². The Hall–Kier alpha value is -2.66. The lowest BCUT2D eigenvalue weighted by atomic mass is 9.92. The number of aliphatic hydroxyl groups excluding tert-OH is 1. The summed E-state index contributed by atoms with van der Waals surface area (Å²) < 4.78 is 16.7. The van der Waals surface area contributed by atoms with Crippen molar-refractivity contribution in [2.45, 2.75) is 25.0 Å². The number of fused-ring (bicyclic) bond motifs is 1. The molecule has 1 aliphatic rings.